The van der Waals surface area contributed by atoms with Crippen LogP contribution in [-0.4, -0.2) is 23.4 Å². The van der Waals surface area contributed by atoms with Crippen LogP contribution in [0.15, 0.2) is 0 Å². The number of nitrogens with one attached hydrogen (secondary N) is 2. The van der Waals surface area contributed by atoms with Gasteiger partial charge in [0.1, 0.15) is 0 Å². The van der Waals surface area contributed by atoms with Gasteiger partial charge in [-0.15, -0.1) is 12.4 Å². The Bertz CT molecular complexity index is 118. The zero-order valence-corrected chi connectivity index (χ0v) is 7.65. The highest BCUT2D eigenvalue weighted by atomic mass is 35.5. The summed E-state index contributed by atoms with van der Waals surface area (Å²) >= 11 is 1.94. The van der Waals surface area contributed by atoms with Crippen LogP contribution in [0.4, 0.5) is 0 Å². The Kier molecular flexibility index (Phi) is 4.91. The Morgan fingerprint density at radius 3 is 3.10 bits per heavy atom. The van der Waals surface area contributed by atoms with Crippen LogP contribution >= 0.6 is 24.2 Å². The maximum Gasteiger partial charge on any atom is 0.0942 e. The fourth-order valence-electron chi connectivity index (χ4n) is 0.881. The Labute approximate surface area is 72.1 Å². The quantitative estimate of drug-likeness (QED) is 0.593. The molecule has 4 heteroatoms. The van der Waals surface area contributed by atoms with E-state index in [4.69, 9.17) is 5.41 Å². The van der Waals surface area contributed by atoms with E-state index in [0.29, 0.717) is 11.1 Å². The highest BCUT2D eigenvalue weighted by molar-refractivity contribution is 7.99. The number of rotatable bonds is 0. The maximum atomic E-state index is 7.33. The van der Waals surface area contributed by atoms with Crippen molar-refractivity contribution in [3.63, 3.8) is 0 Å². The van der Waals surface area contributed by atoms with Gasteiger partial charge >= 0.3 is 0 Å². The summed E-state index contributed by atoms with van der Waals surface area (Å²) in [5, 5.41) is 11.0. The van der Waals surface area contributed by atoms with E-state index < -0.39 is 0 Å². The van der Waals surface area contributed by atoms with Gasteiger partial charge in [-0.3, -0.25) is 5.41 Å². The number of amidine groups is 1. The van der Waals surface area contributed by atoms with Crippen LogP contribution < -0.4 is 5.32 Å². The number of hydrogen-bond donors (Lipinski definition) is 2. The molecule has 1 fully saturated rings. The molecular weight excluding hydrogens is 168 g/mol. The van der Waals surface area contributed by atoms with Gasteiger partial charge in [0.2, 0.25) is 0 Å². The molecule has 0 bridgehead atoms. The predicted octanol–water partition coefficient (Wildman–Crippen LogP) is 1.50. The van der Waals surface area contributed by atoms with E-state index in [-0.39, 0.29) is 12.4 Å². The molecule has 1 rings (SSSR count). The molecule has 1 heterocycles. The fraction of sp³-hybridized carbons (Fsp3) is 0.833. The van der Waals surface area contributed by atoms with Gasteiger partial charge in [0.05, 0.1) is 5.84 Å². The highest BCUT2D eigenvalue weighted by Crippen LogP contribution is 2.15. The Balaban J connectivity index is 0.000000810. The van der Waals surface area contributed by atoms with Crippen molar-refractivity contribution < 1.29 is 0 Å². The molecule has 1 aliphatic heterocycles. The lowest BCUT2D eigenvalue weighted by Crippen LogP contribution is -2.23. The lowest BCUT2D eigenvalue weighted by Gasteiger charge is -2.03. The minimum atomic E-state index is 0. The van der Waals surface area contributed by atoms with E-state index in [1.807, 2.05) is 11.8 Å². The van der Waals surface area contributed by atoms with Gasteiger partial charge in [-0.05, 0) is 0 Å². The number of halogens is 1. The van der Waals surface area contributed by atoms with E-state index in [1.54, 1.807) is 0 Å². The Morgan fingerprint density at radius 1 is 1.70 bits per heavy atom. The van der Waals surface area contributed by atoms with Crippen molar-refractivity contribution in [1.29, 1.82) is 5.41 Å². The topological polar surface area (TPSA) is 35.9 Å². The Hall–Kier alpha value is 0.110. The van der Waals surface area contributed by atoms with Crippen molar-refractivity contribution in [2.45, 2.75) is 18.6 Å². The van der Waals surface area contributed by atoms with Gasteiger partial charge in [-0.25, -0.2) is 0 Å². The van der Waals surface area contributed by atoms with E-state index in [2.05, 4.69) is 12.2 Å². The first-order valence-electron chi connectivity index (χ1n) is 3.22. The van der Waals surface area contributed by atoms with Crippen LogP contribution in [0.3, 0.4) is 0 Å². The van der Waals surface area contributed by atoms with Crippen LogP contribution in [0.5, 0.6) is 0 Å². The van der Waals surface area contributed by atoms with E-state index in [0.717, 1.165) is 18.7 Å². The minimum Gasteiger partial charge on any atom is -0.373 e. The molecule has 0 amide bonds. The zero-order chi connectivity index (χ0) is 6.69. The first kappa shape index (κ1) is 10.1. The van der Waals surface area contributed by atoms with Crippen molar-refractivity contribution >= 4 is 30.0 Å². The van der Waals surface area contributed by atoms with Gasteiger partial charge in [-0.2, -0.15) is 11.8 Å². The summed E-state index contributed by atoms with van der Waals surface area (Å²) in [6.45, 7) is 3.14. The van der Waals surface area contributed by atoms with Crippen molar-refractivity contribution in [1.82, 2.24) is 5.32 Å². The van der Waals surface area contributed by atoms with Gasteiger partial charge in [0.25, 0.3) is 0 Å². The molecule has 1 saturated heterocycles. The van der Waals surface area contributed by atoms with E-state index >= 15 is 0 Å². The Morgan fingerprint density at radius 2 is 2.40 bits per heavy atom. The molecule has 0 aromatic carbocycles. The number of hydrogen-bond acceptors (Lipinski definition) is 2. The molecule has 0 aromatic heterocycles. The molecule has 0 aromatic rings. The molecular formula is C6H13ClN2S. The van der Waals surface area contributed by atoms with Gasteiger partial charge in [-0.1, -0.05) is 6.92 Å². The molecule has 0 radical (unpaired) electrons. The average molecular weight is 181 g/mol. The smallest absolute Gasteiger partial charge is 0.0942 e. The molecule has 0 aliphatic carbocycles. The average Bonchev–Trinajstić information content (AvgIpc) is 1.93. The van der Waals surface area contributed by atoms with E-state index in [9.17, 15) is 0 Å². The molecule has 1 aliphatic rings. The van der Waals surface area contributed by atoms with Crippen LogP contribution in [0.1, 0.15) is 13.3 Å². The summed E-state index contributed by atoms with van der Waals surface area (Å²) < 4.78 is 0. The molecule has 10 heavy (non-hydrogen) atoms. The predicted molar refractivity (Wildman–Crippen MR) is 49.5 cm³/mol. The van der Waals surface area contributed by atoms with Crippen molar-refractivity contribution in [2.75, 3.05) is 12.3 Å². The summed E-state index contributed by atoms with van der Waals surface area (Å²) in [6, 6.07) is 0. The van der Waals surface area contributed by atoms with Crippen LogP contribution in [-0.2, 0) is 0 Å². The zero-order valence-electron chi connectivity index (χ0n) is 6.02. The number of thioether (sulfide) groups is 1. The van der Waals surface area contributed by atoms with Gasteiger partial charge in [0, 0.05) is 24.0 Å². The molecule has 1 unspecified atom stereocenters. The summed E-state index contributed by atoms with van der Waals surface area (Å²) in [6.07, 6.45) is 0.907. The molecule has 0 saturated carbocycles. The first-order chi connectivity index (χ1) is 4.29. The molecule has 2 nitrogen and oxygen atoms in total. The lowest BCUT2D eigenvalue weighted by molar-refractivity contribution is 0.922. The third-order valence-corrected chi connectivity index (χ3v) is 2.51. The maximum absolute atomic E-state index is 7.33. The van der Waals surface area contributed by atoms with Crippen molar-refractivity contribution in [3.8, 4) is 0 Å². The largest absolute Gasteiger partial charge is 0.373 e. The second-order valence-corrected chi connectivity index (χ2v) is 3.84. The molecule has 0 spiro atoms. The fourth-order valence-corrected chi connectivity index (χ4v) is 1.79. The van der Waals surface area contributed by atoms with Crippen LogP contribution in [0.25, 0.3) is 0 Å². The van der Waals surface area contributed by atoms with Crippen molar-refractivity contribution in [3.05, 3.63) is 0 Å². The second-order valence-electron chi connectivity index (χ2n) is 2.29. The lowest BCUT2D eigenvalue weighted by atomic mass is 10.3. The summed E-state index contributed by atoms with van der Waals surface area (Å²) in [7, 11) is 0. The van der Waals surface area contributed by atoms with Crippen LogP contribution in [0, 0.1) is 5.41 Å². The first-order valence-corrected chi connectivity index (χ1v) is 4.27. The van der Waals surface area contributed by atoms with Crippen LogP contribution in [0.2, 0.25) is 0 Å². The summed E-state index contributed by atoms with van der Waals surface area (Å²) in [5.74, 6) is 1.84. The highest BCUT2D eigenvalue weighted by Gasteiger charge is 2.09. The summed E-state index contributed by atoms with van der Waals surface area (Å²) in [4.78, 5) is 0. The van der Waals surface area contributed by atoms with Gasteiger partial charge in [0.15, 0.2) is 0 Å². The summed E-state index contributed by atoms with van der Waals surface area (Å²) in [5.41, 5.74) is 0. The second kappa shape index (κ2) is 4.85. The minimum absolute atomic E-state index is 0. The monoisotopic (exact) mass is 180 g/mol. The molecule has 2 N–H and O–H groups in total. The van der Waals surface area contributed by atoms with E-state index in [1.165, 1.54) is 0 Å². The van der Waals surface area contributed by atoms with Crippen molar-refractivity contribution in [2.24, 2.45) is 0 Å². The molecule has 60 valence electrons. The SMILES string of the molecule is CC1CC(=N)NCCS1.Cl. The van der Waals surface area contributed by atoms with Gasteiger partial charge < -0.3 is 5.32 Å². The third-order valence-electron chi connectivity index (χ3n) is 1.33. The third kappa shape index (κ3) is 3.32. The normalized spacial score (nSPS) is 26.1. The standard InChI is InChI=1S/C6H12N2S.ClH/c1-5-4-6(7)8-2-3-9-5;/h5H,2-4H2,1H3,(H2,7,8);1H. The molecule has 1 atom stereocenters.